The van der Waals surface area contributed by atoms with E-state index in [2.05, 4.69) is 0 Å². The van der Waals surface area contributed by atoms with Crippen LogP contribution in [-0.2, 0) is 4.74 Å². The van der Waals surface area contributed by atoms with E-state index in [9.17, 15) is 0 Å². The predicted octanol–water partition coefficient (Wildman–Crippen LogP) is 1.65. The van der Waals surface area contributed by atoms with Crippen LogP contribution in [0.4, 0.5) is 0 Å². The first-order valence-corrected chi connectivity index (χ1v) is 3.09. The lowest BCUT2D eigenvalue weighted by Crippen LogP contribution is -1.92. The van der Waals surface area contributed by atoms with E-state index < -0.39 is 0 Å². The molecular weight excluding hydrogens is 112 g/mol. The van der Waals surface area contributed by atoms with Crippen LogP contribution in [0.5, 0.6) is 0 Å². The largest absolute Gasteiger partial charge is 0.382 e. The lowest BCUT2D eigenvalue weighted by molar-refractivity contribution is 0.149. The maximum atomic E-state index is 5.36. The Bertz CT molecular complexity index is 27.3. The van der Waals surface area contributed by atoms with Crippen LogP contribution >= 0.6 is 11.6 Å². The molecule has 0 aromatic rings. The number of alkyl halides is 1. The summed E-state index contributed by atoms with van der Waals surface area (Å²) in [5, 5.41) is 0. The highest BCUT2D eigenvalue weighted by Crippen LogP contribution is 1.84. The van der Waals surface area contributed by atoms with Crippen LogP contribution in [0.2, 0.25) is 0 Å². The molecule has 2 heteroatoms. The lowest BCUT2D eigenvalue weighted by atomic mass is 10.5. The van der Waals surface area contributed by atoms with E-state index in [4.69, 9.17) is 16.3 Å². The van der Waals surface area contributed by atoms with Crippen molar-refractivity contribution in [1.29, 1.82) is 0 Å². The standard InChI is InChI=1S/C5H11ClO/c1-2-7-5-3-4-6/h2-5H2,1H3. The number of hydrogen-bond donors (Lipinski definition) is 0. The molecule has 0 N–H and O–H groups in total. The van der Waals surface area contributed by atoms with E-state index in [1.165, 1.54) is 0 Å². The molecule has 0 fully saturated rings. The van der Waals surface area contributed by atoms with Gasteiger partial charge in [-0.15, -0.1) is 11.6 Å². The lowest BCUT2D eigenvalue weighted by Gasteiger charge is -1.93. The van der Waals surface area contributed by atoms with Crippen molar-refractivity contribution in [3.05, 3.63) is 0 Å². The highest BCUT2D eigenvalue weighted by molar-refractivity contribution is 6.17. The molecule has 0 amide bonds. The molecule has 44 valence electrons. The van der Waals surface area contributed by atoms with Crippen molar-refractivity contribution in [2.45, 2.75) is 13.3 Å². The fourth-order valence-corrected chi connectivity index (χ4v) is 0.410. The van der Waals surface area contributed by atoms with Crippen LogP contribution in [0.1, 0.15) is 13.3 Å². The maximum absolute atomic E-state index is 5.36. The molecular formula is C5H11ClO. The highest BCUT2D eigenvalue weighted by Gasteiger charge is 1.79. The second-order valence-electron chi connectivity index (χ2n) is 1.24. The molecule has 7 heavy (non-hydrogen) atoms. The molecule has 0 spiro atoms. The summed E-state index contributed by atoms with van der Waals surface area (Å²) < 4.78 is 4.99. The van der Waals surface area contributed by atoms with Crippen molar-refractivity contribution in [2.75, 3.05) is 19.1 Å². The second-order valence-corrected chi connectivity index (χ2v) is 1.62. The summed E-state index contributed by atoms with van der Waals surface area (Å²) in [6, 6.07) is 0. The normalized spacial score (nSPS) is 9.43. The average molecular weight is 123 g/mol. The van der Waals surface area contributed by atoms with Gasteiger partial charge in [0.2, 0.25) is 0 Å². The number of ether oxygens (including phenoxy) is 1. The smallest absolute Gasteiger partial charge is 0.0477 e. The molecule has 0 bridgehead atoms. The van der Waals surface area contributed by atoms with Crippen molar-refractivity contribution in [1.82, 2.24) is 0 Å². The Morgan fingerprint density at radius 2 is 2.29 bits per heavy atom. The van der Waals surface area contributed by atoms with E-state index in [-0.39, 0.29) is 0 Å². The van der Waals surface area contributed by atoms with Gasteiger partial charge in [-0.1, -0.05) is 0 Å². The van der Waals surface area contributed by atoms with Crippen LogP contribution in [0, 0.1) is 0 Å². The number of hydrogen-bond acceptors (Lipinski definition) is 1. The van der Waals surface area contributed by atoms with Gasteiger partial charge in [-0.25, -0.2) is 0 Å². The third-order valence-electron chi connectivity index (χ3n) is 0.626. The summed E-state index contributed by atoms with van der Waals surface area (Å²) in [7, 11) is 0. The summed E-state index contributed by atoms with van der Waals surface area (Å²) in [4.78, 5) is 0. The Kier molecular flexibility index (Phi) is 6.47. The van der Waals surface area contributed by atoms with Gasteiger partial charge in [0.1, 0.15) is 0 Å². The third kappa shape index (κ3) is 6.25. The fourth-order valence-electron chi connectivity index (χ4n) is 0.301. The SMILES string of the molecule is CCOCCCCl. The molecule has 0 radical (unpaired) electrons. The number of rotatable bonds is 4. The molecule has 0 aromatic heterocycles. The molecule has 1 nitrogen and oxygen atoms in total. The predicted molar refractivity (Wildman–Crippen MR) is 31.8 cm³/mol. The van der Waals surface area contributed by atoms with Gasteiger partial charge in [-0.2, -0.15) is 0 Å². The molecule has 0 heterocycles. The van der Waals surface area contributed by atoms with Gasteiger partial charge >= 0.3 is 0 Å². The van der Waals surface area contributed by atoms with E-state index in [1.807, 2.05) is 6.92 Å². The van der Waals surface area contributed by atoms with Crippen LogP contribution in [0.15, 0.2) is 0 Å². The summed E-state index contributed by atoms with van der Waals surface area (Å²) in [6.45, 7) is 3.59. The van der Waals surface area contributed by atoms with Gasteiger partial charge in [0.25, 0.3) is 0 Å². The summed E-state index contributed by atoms with van der Waals surface area (Å²) >= 11 is 5.36. The van der Waals surface area contributed by atoms with Crippen LogP contribution in [0.3, 0.4) is 0 Å². The molecule has 0 aliphatic carbocycles. The zero-order valence-electron chi connectivity index (χ0n) is 4.61. The van der Waals surface area contributed by atoms with Crippen molar-refractivity contribution in [2.24, 2.45) is 0 Å². The zero-order chi connectivity index (χ0) is 5.54. The minimum absolute atomic E-state index is 0.708. The minimum atomic E-state index is 0.708. The molecule has 0 saturated heterocycles. The highest BCUT2D eigenvalue weighted by atomic mass is 35.5. The quantitative estimate of drug-likeness (QED) is 0.407. The molecule has 0 atom stereocenters. The first-order chi connectivity index (χ1) is 3.41. The van der Waals surface area contributed by atoms with Crippen molar-refractivity contribution < 1.29 is 4.74 Å². The Hall–Kier alpha value is 0.250. The minimum Gasteiger partial charge on any atom is -0.382 e. The van der Waals surface area contributed by atoms with Crippen LogP contribution in [-0.4, -0.2) is 19.1 Å². The van der Waals surface area contributed by atoms with E-state index in [0.29, 0.717) is 5.88 Å². The molecule has 0 aliphatic heterocycles. The van der Waals surface area contributed by atoms with Gasteiger partial charge in [0, 0.05) is 19.1 Å². The third-order valence-corrected chi connectivity index (χ3v) is 0.894. The van der Waals surface area contributed by atoms with Gasteiger partial charge in [-0.05, 0) is 13.3 Å². The summed E-state index contributed by atoms with van der Waals surface area (Å²) in [5.74, 6) is 0.708. The van der Waals surface area contributed by atoms with Crippen LogP contribution < -0.4 is 0 Å². The molecule has 0 unspecified atom stereocenters. The molecule has 0 aromatic carbocycles. The Balaban J connectivity index is 2.45. The number of halogens is 1. The van der Waals surface area contributed by atoms with E-state index in [1.54, 1.807) is 0 Å². The van der Waals surface area contributed by atoms with Crippen molar-refractivity contribution in [3.63, 3.8) is 0 Å². The Morgan fingerprint density at radius 3 is 2.71 bits per heavy atom. The monoisotopic (exact) mass is 122 g/mol. The first-order valence-electron chi connectivity index (χ1n) is 2.55. The van der Waals surface area contributed by atoms with Gasteiger partial charge < -0.3 is 4.74 Å². The van der Waals surface area contributed by atoms with E-state index in [0.717, 1.165) is 19.6 Å². The summed E-state index contributed by atoms with van der Waals surface area (Å²) in [5.41, 5.74) is 0. The molecule has 0 aliphatic rings. The maximum Gasteiger partial charge on any atom is 0.0477 e. The van der Waals surface area contributed by atoms with Gasteiger partial charge in [-0.3, -0.25) is 0 Å². The summed E-state index contributed by atoms with van der Waals surface area (Å²) in [6.07, 6.45) is 0.968. The van der Waals surface area contributed by atoms with Crippen molar-refractivity contribution >= 4 is 11.6 Å². The Morgan fingerprint density at radius 1 is 1.57 bits per heavy atom. The molecule has 0 saturated carbocycles. The Labute approximate surface area is 49.6 Å². The zero-order valence-corrected chi connectivity index (χ0v) is 5.37. The molecule has 0 rings (SSSR count). The second kappa shape index (κ2) is 6.25. The fraction of sp³-hybridized carbons (Fsp3) is 1.00. The first kappa shape index (κ1) is 7.25. The van der Waals surface area contributed by atoms with Crippen molar-refractivity contribution in [3.8, 4) is 0 Å². The average Bonchev–Trinajstić information content (AvgIpc) is 1.69. The van der Waals surface area contributed by atoms with Gasteiger partial charge in [0.05, 0.1) is 0 Å². The topological polar surface area (TPSA) is 9.23 Å². The van der Waals surface area contributed by atoms with E-state index >= 15 is 0 Å². The van der Waals surface area contributed by atoms with Gasteiger partial charge in [0.15, 0.2) is 0 Å². The van der Waals surface area contributed by atoms with Crippen LogP contribution in [0.25, 0.3) is 0 Å².